The number of hydrogen-bond donors (Lipinski definition) is 2. The molecular weight excluding hydrogens is 370 g/mol. The van der Waals surface area contributed by atoms with Gasteiger partial charge in [0.05, 0.1) is 16.7 Å². The zero-order valence-corrected chi connectivity index (χ0v) is 14.7. The Kier molecular flexibility index (Phi) is 5.67. The summed E-state index contributed by atoms with van der Waals surface area (Å²) in [5, 5.41) is 13.3. The fourth-order valence-electron chi connectivity index (χ4n) is 2.23. The van der Waals surface area contributed by atoms with Crippen molar-refractivity contribution in [3.63, 3.8) is 0 Å². The highest BCUT2D eigenvalue weighted by Crippen LogP contribution is 2.24. The number of hydrogen-bond acceptors (Lipinski definition) is 3. The van der Waals surface area contributed by atoms with Crippen molar-refractivity contribution in [3.05, 3.63) is 56.4 Å². The highest BCUT2D eigenvalue weighted by molar-refractivity contribution is 9.10. The molecule has 1 atom stereocenters. The molecule has 4 nitrogen and oxygen atoms in total. The number of amides is 1. The number of rotatable bonds is 5. The van der Waals surface area contributed by atoms with Crippen LogP contribution in [0.15, 0.2) is 33.2 Å². The highest BCUT2D eigenvalue weighted by Gasteiger charge is 2.15. The fourth-order valence-corrected chi connectivity index (χ4v) is 2.79. The van der Waals surface area contributed by atoms with Gasteiger partial charge in [-0.25, -0.2) is 0 Å². The van der Waals surface area contributed by atoms with Gasteiger partial charge in [0.1, 0.15) is 11.5 Å². The van der Waals surface area contributed by atoms with Crippen molar-refractivity contribution < 1.29 is 14.3 Å². The lowest BCUT2D eigenvalue weighted by atomic mass is 10.1. The second-order valence-electron chi connectivity index (χ2n) is 5.05. The first-order valence-corrected chi connectivity index (χ1v) is 8.04. The summed E-state index contributed by atoms with van der Waals surface area (Å²) in [6, 6.07) is 6.91. The van der Waals surface area contributed by atoms with Crippen molar-refractivity contribution in [3.8, 4) is 0 Å². The molecule has 0 aliphatic rings. The molecule has 0 saturated heterocycles. The zero-order chi connectivity index (χ0) is 16.3. The lowest BCUT2D eigenvalue weighted by Gasteiger charge is -2.11. The van der Waals surface area contributed by atoms with Gasteiger partial charge in [-0.05, 0) is 44.5 Å². The van der Waals surface area contributed by atoms with Crippen LogP contribution in [0.3, 0.4) is 0 Å². The SMILES string of the molecule is Cc1cc(C(O)CCNC(=O)c2cc(Br)ccc2Cl)c(C)o1. The summed E-state index contributed by atoms with van der Waals surface area (Å²) in [6.07, 6.45) is -0.271. The van der Waals surface area contributed by atoms with Crippen molar-refractivity contribution in [2.45, 2.75) is 26.4 Å². The van der Waals surface area contributed by atoms with Crippen LogP contribution in [0.4, 0.5) is 0 Å². The van der Waals surface area contributed by atoms with Crippen LogP contribution in [-0.2, 0) is 0 Å². The molecule has 22 heavy (non-hydrogen) atoms. The molecule has 2 aromatic rings. The minimum Gasteiger partial charge on any atom is -0.466 e. The van der Waals surface area contributed by atoms with Gasteiger partial charge in [-0.15, -0.1) is 0 Å². The van der Waals surface area contributed by atoms with Crippen LogP contribution in [0.1, 0.15) is 40.0 Å². The fraction of sp³-hybridized carbons (Fsp3) is 0.312. The van der Waals surface area contributed by atoms with Crippen LogP contribution in [-0.4, -0.2) is 17.6 Å². The van der Waals surface area contributed by atoms with Gasteiger partial charge < -0.3 is 14.8 Å². The van der Waals surface area contributed by atoms with Gasteiger partial charge in [0, 0.05) is 16.6 Å². The molecule has 1 heterocycles. The molecule has 0 spiro atoms. The first-order chi connectivity index (χ1) is 10.4. The molecule has 1 aromatic carbocycles. The molecule has 0 fully saturated rings. The lowest BCUT2D eigenvalue weighted by molar-refractivity contribution is 0.0942. The van der Waals surface area contributed by atoms with E-state index in [2.05, 4.69) is 21.2 Å². The van der Waals surface area contributed by atoms with Gasteiger partial charge in [0.2, 0.25) is 0 Å². The van der Waals surface area contributed by atoms with Crippen molar-refractivity contribution in [2.75, 3.05) is 6.54 Å². The van der Waals surface area contributed by atoms with E-state index in [1.807, 2.05) is 19.9 Å². The van der Waals surface area contributed by atoms with E-state index in [1.165, 1.54) is 0 Å². The molecule has 0 aliphatic carbocycles. The first kappa shape index (κ1) is 17.1. The normalized spacial score (nSPS) is 12.2. The summed E-state index contributed by atoms with van der Waals surface area (Å²) in [5.74, 6) is 1.20. The molecule has 6 heteroatoms. The van der Waals surface area contributed by atoms with Crippen molar-refractivity contribution in [1.82, 2.24) is 5.32 Å². The molecule has 1 aromatic heterocycles. The number of carbonyl (C=O) groups is 1. The molecule has 0 bridgehead atoms. The molecule has 1 amide bonds. The minimum absolute atomic E-state index is 0.265. The van der Waals surface area contributed by atoms with Crippen LogP contribution >= 0.6 is 27.5 Å². The average molecular weight is 387 g/mol. The predicted octanol–water partition coefficient (Wildman–Crippen LogP) is 4.17. The number of nitrogens with one attached hydrogen (secondary N) is 1. The van der Waals surface area contributed by atoms with Crippen LogP contribution in [0.2, 0.25) is 5.02 Å². The van der Waals surface area contributed by atoms with Crippen LogP contribution in [0.5, 0.6) is 0 Å². The molecule has 0 saturated carbocycles. The van der Waals surface area contributed by atoms with Gasteiger partial charge in [-0.2, -0.15) is 0 Å². The van der Waals surface area contributed by atoms with Crippen molar-refractivity contribution in [1.29, 1.82) is 0 Å². The van der Waals surface area contributed by atoms with Crippen LogP contribution in [0.25, 0.3) is 0 Å². The third-order valence-corrected chi connectivity index (χ3v) is 4.14. The molecule has 0 aliphatic heterocycles. The minimum atomic E-state index is -0.671. The van der Waals surface area contributed by atoms with Gasteiger partial charge in [-0.1, -0.05) is 27.5 Å². The Hall–Kier alpha value is -1.30. The van der Waals surface area contributed by atoms with E-state index >= 15 is 0 Å². The summed E-state index contributed by atoms with van der Waals surface area (Å²) in [7, 11) is 0. The highest BCUT2D eigenvalue weighted by atomic mass is 79.9. The van der Waals surface area contributed by atoms with Crippen molar-refractivity contribution >= 4 is 33.4 Å². The predicted molar refractivity (Wildman–Crippen MR) is 89.2 cm³/mol. The average Bonchev–Trinajstić information content (AvgIpc) is 2.80. The monoisotopic (exact) mass is 385 g/mol. The largest absolute Gasteiger partial charge is 0.466 e. The summed E-state index contributed by atoms with van der Waals surface area (Å²) >= 11 is 9.32. The number of halogens is 2. The van der Waals surface area contributed by atoms with E-state index in [-0.39, 0.29) is 5.91 Å². The second-order valence-corrected chi connectivity index (χ2v) is 6.38. The van der Waals surface area contributed by atoms with E-state index in [9.17, 15) is 9.90 Å². The molecular formula is C16H17BrClNO3. The molecule has 2 N–H and O–H groups in total. The molecule has 118 valence electrons. The van der Waals surface area contributed by atoms with Gasteiger partial charge in [0.15, 0.2) is 0 Å². The van der Waals surface area contributed by atoms with E-state index in [0.29, 0.717) is 29.3 Å². The number of furan rings is 1. The van der Waals surface area contributed by atoms with E-state index < -0.39 is 6.10 Å². The molecule has 0 radical (unpaired) electrons. The maximum Gasteiger partial charge on any atom is 0.252 e. The van der Waals surface area contributed by atoms with Gasteiger partial charge in [0.25, 0.3) is 5.91 Å². The van der Waals surface area contributed by atoms with Crippen molar-refractivity contribution in [2.24, 2.45) is 0 Å². The maximum absolute atomic E-state index is 12.1. The third-order valence-electron chi connectivity index (χ3n) is 3.31. The van der Waals surface area contributed by atoms with Gasteiger partial charge in [-0.3, -0.25) is 4.79 Å². The summed E-state index contributed by atoms with van der Waals surface area (Å²) in [5.41, 5.74) is 1.16. The Labute approximate surface area is 142 Å². The number of aliphatic hydroxyl groups is 1. The van der Waals surface area contributed by atoms with E-state index in [4.69, 9.17) is 16.0 Å². The summed E-state index contributed by atoms with van der Waals surface area (Å²) in [4.78, 5) is 12.1. The quantitative estimate of drug-likeness (QED) is 0.811. The molecule has 2 rings (SSSR count). The summed E-state index contributed by atoms with van der Waals surface area (Å²) < 4.78 is 6.18. The van der Waals surface area contributed by atoms with E-state index in [1.54, 1.807) is 18.2 Å². The van der Waals surface area contributed by atoms with Gasteiger partial charge >= 0.3 is 0 Å². The smallest absolute Gasteiger partial charge is 0.252 e. The Bertz CT molecular complexity index is 684. The zero-order valence-electron chi connectivity index (χ0n) is 12.3. The lowest BCUT2D eigenvalue weighted by Crippen LogP contribution is -2.26. The Morgan fingerprint density at radius 3 is 2.77 bits per heavy atom. The second kappa shape index (κ2) is 7.31. The Morgan fingerprint density at radius 2 is 2.14 bits per heavy atom. The van der Waals surface area contributed by atoms with Crippen LogP contribution < -0.4 is 5.32 Å². The number of carbonyl (C=O) groups excluding carboxylic acids is 1. The summed E-state index contributed by atoms with van der Waals surface area (Å²) in [6.45, 7) is 3.98. The maximum atomic E-state index is 12.1. The number of aryl methyl sites for hydroxylation is 2. The van der Waals surface area contributed by atoms with Crippen LogP contribution in [0, 0.1) is 13.8 Å². The Morgan fingerprint density at radius 1 is 1.41 bits per heavy atom. The number of benzene rings is 1. The number of aliphatic hydroxyl groups excluding tert-OH is 1. The molecule has 1 unspecified atom stereocenters. The topological polar surface area (TPSA) is 62.5 Å². The Balaban J connectivity index is 1.92. The van der Waals surface area contributed by atoms with E-state index in [0.717, 1.165) is 15.8 Å². The first-order valence-electron chi connectivity index (χ1n) is 6.86. The standard InChI is InChI=1S/C16H17BrClNO3/c1-9-7-12(10(2)22-9)15(20)5-6-19-16(21)13-8-11(17)3-4-14(13)18/h3-4,7-8,15,20H,5-6H2,1-2H3,(H,19,21). The third kappa shape index (κ3) is 4.12.